The summed E-state index contributed by atoms with van der Waals surface area (Å²) in [6, 6.07) is 7.19. The second-order valence-electron chi connectivity index (χ2n) is 6.76. The molecule has 2 aromatic rings. The summed E-state index contributed by atoms with van der Waals surface area (Å²) in [5.41, 5.74) is 1.53. The van der Waals surface area contributed by atoms with Crippen molar-refractivity contribution in [1.29, 1.82) is 0 Å². The van der Waals surface area contributed by atoms with Gasteiger partial charge in [0.25, 0.3) is 0 Å². The third-order valence-corrected chi connectivity index (χ3v) is 4.28. The zero-order valence-electron chi connectivity index (χ0n) is 14.2. The lowest BCUT2D eigenvalue weighted by Crippen LogP contribution is -2.29. The van der Waals surface area contributed by atoms with Crippen LogP contribution in [0.1, 0.15) is 32.0 Å². The first-order valence-corrected chi connectivity index (χ1v) is 8.31. The molecule has 0 aliphatic rings. The molecule has 1 N–H and O–H groups in total. The number of anilines is 1. The molecule has 1 aromatic heterocycles. The maximum absolute atomic E-state index is 12.1. The molecule has 1 heterocycles. The molecule has 0 saturated heterocycles. The van der Waals surface area contributed by atoms with Gasteiger partial charge in [0.05, 0.1) is 22.3 Å². The molecule has 1 amide bonds. The van der Waals surface area contributed by atoms with E-state index in [0.717, 1.165) is 11.3 Å². The number of hydrogen-bond acceptors (Lipinski definition) is 4. The predicted molar refractivity (Wildman–Crippen MR) is 96.6 cm³/mol. The maximum Gasteiger partial charge on any atom is 0.240 e. The highest BCUT2D eigenvalue weighted by molar-refractivity contribution is 6.42. The van der Waals surface area contributed by atoms with Crippen molar-refractivity contribution in [2.24, 2.45) is 0 Å². The van der Waals surface area contributed by atoms with Crippen molar-refractivity contribution in [3.8, 4) is 0 Å². The van der Waals surface area contributed by atoms with Crippen LogP contribution in [0.5, 0.6) is 0 Å². The van der Waals surface area contributed by atoms with Crippen LogP contribution in [0.4, 0.5) is 5.88 Å². The summed E-state index contributed by atoms with van der Waals surface area (Å²) < 4.78 is 5.16. The lowest BCUT2D eigenvalue weighted by molar-refractivity contribution is -0.117. The first-order valence-electron chi connectivity index (χ1n) is 7.55. The Kier molecular flexibility index (Phi) is 5.91. The number of carbonyl (C=O) groups is 1. The van der Waals surface area contributed by atoms with Gasteiger partial charge in [0, 0.05) is 18.0 Å². The third-order valence-electron chi connectivity index (χ3n) is 3.43. The van der Waals surface area contributed by atoms with Crippen LogP contribution in [-0.4, -0.2) is 29.6 Å². The average Bonchev–Trinajstić information content (AvgIpc) is 2.92. The van der Waals surface area contributed by atoms with E-state index in [2.05, 4.69) is 10.5 Å². The molecule has 2 rings (SSSR count). The molecule has 7 heteroatoms. The van der Waals surface area contributed by atoms with E-state index in [-0.39, 0.29) is 17.9 Å². The molecule has 0 spiro atoms. The standard InChI is InChI=1S/C17H21Cl2N3O2/c1-17(2,3)13-8-15(24-21-13)20-14(23)10-22(4)9-11-6-5-7-12(18)16(11)19/h5-8H,9-10H2,1-4H3,(H,20,23). The van der Waals surface area contributed by atoms with Crippen LogP contribution in [0, 0.1) is 0 Å². The molecule has 0 aliphatic heterocycles. The van der Waals surface area contributed by atoms with Crippen LogP contribution in [0.3, 0.4) is 0 Å². The Morgan fingerprint density at radius 2 is 2.04 bits per heavy atom. The van der Waals surface area contributed by atoms with E-state index >= 15 is 0 Å². The lowest BCUT2D eigenvalue weighted by Gasteiger charge is -2.17. The summed E-state index contributed by atoms with van der Waals surface area (Å²) in [5.74, 6) is 0.159. The average molecular weight is 370 g/mol. The van der Waals surface area contributed by atoms with Crippen LogP contribution < -0.4 is 5.32 Å². The molecule has 0 fully saturated rings. The van der Waals surface area contributed by atoms with Crippen molar-refractivity contribution in [2.75, 3.05) is 18.9 Å². The van der Waals surface area contributed by atoms with Gasteiger partial charge < -0.3 is 4.52 Å². The zero-order chi connectivity index (χ0) is 17.9. The first-order chi connectivity index (χ1) is 11.2. The second kappa shape index (κ2) is 7.55. The second-order valence-corrected chi connectivity index (χ2v) is 7.54. The Labute approximate surface area is 151 Å². The molecular weight excluding hydrogens is 349 g/mol. The topological polar surface area (TPSA) is 58.4 Å². The Morgan fingerprint density at radius 1 is 1.33 bits per heavy atom. The summed E-state index contributed by atoms with van der Waals surface area (Å²) in [6.07, 6.45) is 0. The van der Waals surface area contributed by atoms with E-state index in [1.54, 1.807) is 12.1 Å². The number of nitrogens with zero attached hydrogens (tertiary/aromatic N) is 2. The predicted octanol–water partition coefficient (Wildman–Crippen LogP) is 4.35. The minimum atomic E-state index is -0.188. The molecule has 5 nitrogen and oxygen atoms in total. The number of carbonyl (C=O) groups excluding carboxylic acids is 1. The Bertz CT molecular complexity index is 723. The van der Waals surface area contributed by atoms with E-state index in [1.165, 1.54) is 0 Å². The van der Waals surface area contributed by atoms with Gasteiger partial charge in [0.15, 0.2) is 0 Å². The van der Waals surface area contributed by atoms with E-state index in [0.29, 0.717) is 22.5 Å². The van der Waals surface area contributed by atoms with Gasteiger partial charge in [-0.3, -0.25) is 15.0 Å². The quantitative estimate of drug-likeness (QED) is 0.850. The van der Waals surface area contributed by atoms with Gasteiger partial charge in [-0.15, -0.1) is 0 Å². The summed E-state index contributed by atoms with van der Waals surface area (Å²) in [6.45, 7) is 6.78. The Morgan fingerprint density at radius 3 is 2.67 bits per heavy atom. The van der Waals surface area contributed by atoms with Crippen LogP contribution in [-0.2, 0) is 16.8 Å². The number of likely N-dealkylation sites (N-methyl/N-ethyl adjacent to an activating group) is 1. The van der Waals surface area contributed by atoms with Crippen LogP contribution in [0.2, 0.25) is 10.0 Å². The van der Waals surface area contributed by atoms with Crippen LogP contribution in [0.15, 0.2) is 28.8 Å². The first kappa shape index (κ1) is 18.8. The molecule has 24 heavy (non-hydrogen) atoms. The summed E-state index contributed by atoms with van der Waals surface area (Å²) in [7, 11) is 1.83. The number of benzene rings is 1. The monoisotopic (exact) mass is 369 g/mol. The molecule has 0 atom stereocenters. The fourth-order valence-corrected chi connectivity index (χ4v) is 2.51. The minimum Gasteiger partial charge on any atom is -0.338 e. The number of hydrogen-bond donors (Lipinski definition) is 1. The van der Waals surface area contributed by atoms with Gasteiger partial charge in [-0.2, -0.15) is 0 Å². The fraction of sp³-hybridized carbons (Fsp3) is 0.412. The number of aromatic nitrogens is 1. The third kappa shape index (κ3) is 4.97. The van der Waals surface area contributed by atoms with Crippen molar-refractivity contribution in [1.82, 2.24) is 10.1 Å². The molecule has 0 radical (unpaired) electrons. The molecular formula is C17H21Cl2N3O2. The number of rotatable bonds is 5. The van der Waals surface area contributed by atoms with Gasteiger partial charge >= 0.3 is 0 Å². The summed E-state index contributed by atoms with van der Waals surface area (Å²) in [4.78, 5) is 14.0. The SMILES string of the molecule is CN(CC(=O)Nc1cc(C(C)(C)C)no1)Cc1cccc(Cl)c1Cl. The van der Waals surface area contributed by atoms with Crippen molar-refractivity contribution >= 4 is 35.0 Å². The van der Waals surface area contributed by atoms with Crippen molar-refractivity contribution < 1.29 is 9.32 Å². The smallest absolute Gasteiger partial charge is 0.240 e. The van der Waals surface area contributed by atoms with E-state index in [1.807, 2.05) is 44.9 Å². The molecule has 0 bridgehead atoms. The highest BCUT2D eigenvalue weighted by atomic mass is 35.5. The van der Waals surface area contributed by atoms with Gasteiger partial charge in [-0.25, -0.2) is 0 Å². The highest BCUT2D eigenvalue weighted by Crippen LogP contribution is 2.26. The molecule has 1 aromatic carbocycles. The van der Waals surface area contributed by atoms with E-state index in [9.17, 15) is 4.79 Å². The summed E-state index contributed by atoms with van der Waals surface area (Å²) >= 11 is 12.2. The van der Waals surface area contributed by atoms with E-state index in [4.69, 9.17) is 27.7 Å². The van der Waals surface area contributed by atoms with Crippen molar-refractivity contribution in [2.45, 2.75) is 32.7 Å². The van der Waals surface area contributed by atoms with Crippen LogP contribution in [0.25, 0.3) is 0 Å². The van der Waals surface area contributed by atoms with Gasteiger partial charge in [-0.1, -0.05) is 61.3 Å². The van der Waals surface area contributed by atoms with Crippen LogP contribution >= 0.6 is 23.2 Å². The van der Waals surface area contributed by atoms with E-state index < -0.39 is 0 Å². The van der Waals surface area contributed by atoms with Crippen molar-refractivity contribution in [3.05, 3.63) is 45.6 Å². The number of nitrogens with one attached hydrogen (secondary N) is 1. The fourth-order valence-electron chi connectivity index (χ4n) is 2.13. The number of amides is 1. The van der Waals surface area contributed by atoms with Crippen molar-refractivity contribution in [3.63, 3.8) is 0 Å². The minimum absolute atomic E-state index is 0.132. The summed E-state index contributed by atoms with van der Waals surface area (Å²) in [5, 5.41) is 7.70. The zero-order valence-corrected chi connectivity index (χ0v) is 15.7. The molecule has 130 valence electrons. The highest BCUT2D eigenvalue weighted by Gasteiger charge is 2.20. The normalized spacial score (nSPS) is 11.8. The Balaban J connectivity index is 1.92. The molecule has 0 saturated carbocycles. The molecule has 0 unspecified atom stereocenters. The Hall–Kier alpha value is -1.56. The van der Waals surface area contributed by atoms with Gasteiger partial charge in [0.1, 0.15) is 0 Å². The molecule has 0 aliphatic carbocycles. The van der Waals surface area contributed by atoms with Gasteiger partial charge in [-0.05, 0) is 18.7 Å². The largest absolute Gasteiger partial charge is 0.338 e. The maximum atomic E-state index is 12.1. The lowest BCUT2D eigenvalue weighted by atomic mass is 9.92. The van der Waals surface area contributed by atoms with Gasteiger partial charge in [0.2, 0.25) is 11.8 Å². The number of halogens is 2.